The molecule has 4 N–H and O–H groups in total. The average Bonchev–Trinajstić information content (AvgIpc) is 2.08. The Morgan fingerprint density at radius 2 is 2.38 bits per heavy atom. The topological polar surface area (TPSA) is 96.2 Å². The van der Waals surface area contributed by atoms with Crippen molar-refractivity contribution in [2.24, 2.45) is 5.73 Å². The van der Waals surface area contributed by atoms with E-state index < -0.39 is 12.0 Å². The molecule has 1 aromatic rings. The molecule has 0 aliphatic rings. The Morgan fingerprint density at radius 1 is 1.69 bits per heavy atom. The lowest BCUT2D eigenvalue weighted by atomic mass is 10.1. The zero-order valence-electron chi connectivity index (χ0n) is 6.86. The molecule has 0 unspecified atom stereocenters. The Labute approximate surface area is 74.2 Å². The van der Waals surface area contributed by atoms with Crippen LogP contribution in [0.2, 0.25) is 0 Å². The van der Waals surface area contributed by atoms with Crippen molar-refractivity contribution in [2.75, 3.05) is 0 Å². The Hall–Kier alpha value is -1.62. The van der Waals surface area contributed by atoms with E-state index in [0.29, 0.717) is 5.56 Å². The van der Waals surface area contributed by atoms with Crippen molar-refractivity contribution in [1.82, 2.24) is 4.98 Å². The van der Waals surface area contributed by atoms with Gasteiger partial charge in [0.05, 0.1) is 0 Å². The molecule has 1 rings (SSSR count). The Balaban J connectivity index is 2.81. The van der Waals surface area contributed by atoms with Gasteiger partial charge in [0.1, 0.15) is 6.04 Å². The van der Waals surface area contributed by atoms with Gasteiger partial charge in [0.15, 0.2) is 0 Å². The molecule has 0 bridgehead atoms. The number of aromatic amines is 1. The SMILES string of the molecule is N[C@@H](Cc1ccc[nH]c1=O)C(=O)O. The maximum Gasteiger partial charge on any atom is 0.320 e. The number of pyridine rings is 1. The van der Waals surface area contributed by atoms with Gasteiger partial charge in [-0.05, 0) is 6.07 Å². The molecule has 5 nitrogen and oxygen atoms in total. The van der Waals surface area contributed by atoms with Gasteiger partial charge in [0.25, 0.3) is 5.56 Å². The van der Waals surface area contributed by atoms with Crippen LogP contribution in [0.3, 0.4) is 0 Å². The number of carbonyl (C=O) groups is 1. The van der Waals surface area contributed by atoms with E-state index in [0.717, 1.165) is 0 Å². The molecule has 0 radical (unpaired) electrons. The van der Waals surface area contributed by atoms with Crippen LogP contribution in [-0.4, -0.2) is 22.1 Å². The summed E-state index contributed by atoms with van der Waals surface area (Å²) in [5.74, 6) is -1.11. The lowest BCUT2D eigenvalue weighted by Crippen LogP contribution is -2.34. The molecule has 1 atom stereocenters. The highest BCUT2D eigenvalue weighted by molar-refractivity contribution is 5.73. The Bertz CT molecular complexity index is 358. The third-order valence-electron chi connectivity index (χ3n) is 1.66. The van der Waals surface area contributed by atoms with Gasteiger partial charge < -0.3 is 15.8 Å². The fourth-order valence-corrected chi connectivity index (χ4v) is 0.941. The van der Waals surface area contributed by atoms with Crippen molar-refractivity contribution < 1.29 is 9.90 Å². The van der Waals surface area contributed by atoms with Crippen LogP contribution in [-0.2, 0) is 11.2 Å². The third-order valence-corrected chi connectivity index (χ3v) is 1.66. The van der Waals surface area contributed by atoms with Crippen molar-refractivity contribution in [1.29, 1.82) is 0 Å². The van der Waals surface area contributed by atoms with Crippen LogP contribution >= 0.6 is 0 Å². The smallest absolute Gasteiger partial charge is 0.320 e. The van der Waals surface area contributed by atoms with Gasteiger partial charge in [-0.1, -0.05) is 6.07 Å². The third kappa shape index (κ3) is 2.41. The minimum atomic E-state index is -1.11. The molecule has 0 spiro atoms. The monoisotopic (exact) mass is 182 g/mol. The number of carboxylic acids is 1. The molecule has 0 fully saturated rings. The zero-order valence-corrected chi connectivity index (χ0v) is 6.86. The minimum Gasteiger partial charge on any atom is -0.480 e. The Morgan fingerprint density at radius 3 is 2.92 bits per heavy atom. The first-order chi connectivity index (χ1) is 6.11. The van der Waals surface area contributed by atoms with E-state index in [1.165, 1.54) is 6.20 Å². The summed E-state index contributed by atoms with van der Waals surface area (Å²) < 4.78 is 0. The summed E-state index contributed by atoms with van der Waals surface area (Å²) in [6, 6.07) is 2.16. The van der Waals surface area contributed by atoms with Crippen LogP contribution in [0.5, 0.6) is 0 Å². The molecule has 0 aliphatic heterocycles. The first-order valence-corrected chi connectivity index (χ1v) is 3.76. The number of hydrogen-bond donors (Lipinski definition) is 3. The zero-order chi connectivity index (χ0) is 9.84. The molecule has 0 amide bonds. The standard InChI is InChI=1S/C8H10N2O3/c9-6(8(12)13)4-5-2-1-3-10-7(5)11/h1-3,6H,4,9H2,(H,10,11)(H,12,13)/t6-/m0/s1. The molecule has 1 heterocycles. The number of rotatable bonds is 3. The second kappa shape index (κ2) is 3.86. The second-order valence-corrected chi connectivity index (χ2v) is 2.67. The fraction of sp³-hybridized carbons (Fsp3) is 0.250. The number of H-pyrrole nitrogens is 1. The molecule has 0 aliphatic carbocycles. The highest BCUT2D eigenvalue weighted by Gasteiger charge is 2.13. The van der Waals surface area contributed by atoms with Gasteiger partial charge in [0.2, 0.25) is 0 Å². The quantitative estimate of drug-likeness (QED) is 0.577. The summed E-state index contributed by atoms with van der Waals surface area (Å²) in [4.78, 5) is 23.9. The number of carboxylic acid groups (broad SMARTS) is 1. The average molecular weight is 182 g/mol. The Kier molecular flexibility index (Phi) is 2.81. The molecule has 0 saturated carbocycles. The predicted molar refractivity (Wildman–Crippen MR) is 46.4 cm³/mol. The number of nitrogens with two attached hydrogens (primary N) is 1. The summed E-state index contributed by atoms with van der Waals surface area (Å²) >= 11 is 0. The van der Waals surface area contributed by atoms with Gasteiger partial charge >= 0.3 is 5.97 Å². The molecule has 13 heavy (non-hydrogen) atoms. The summed E-state index contributed by atoms with van der Waals surface area (Å²) in [6.45, 7) is 0. The van der Waals surface area contributed by atoms with Crippen molar-refractivity contribution >= 4 is 5.97 Å². The maximum atomic E-state index is 11.1. The predicted octanol–water partition coefficient (Wildman–Crippen LogP) is -0.671. The van der Waals surface area contributed by atoms with E-state index in [4.69, 9.17) is 10.8 Å². The number of aromatic nitrogens is 1. The summed E-state index contributed by atoms with van der Waals surface area (Å²) in [6.07, 6.45) is 1.53. The summed E-state index contributed by atoms with van der Waals surface area (Å²) in [7, 11) is 0. The minimum absolute atomic E-state index is 0.0471. The molecule has 0 saturated heterocycles. The van der Waals surface area contributed by atoms with E-state index in [1.807, 2.05) is 0 Å². The normalized spacial score (nSPS) is 12.4. The van der Waals surface area contributed by atoms with Crippen LogP contribution < -0.4 is 11.3 Å². The lowest BCUT2D eigenvalue weighted by Gasteiger charge is -2.04. The maximum absolute atomic E-state index is 11.1. The van der Waals surface area contributed by atoms with Crippen molar-refractivity contribution in [3.63, 3.8) is 0 Å². The van der Waals surface area contributed by atoms with Gasteiger partial charge in [0, 0.05) is 18.2 Å². The number of nitrogens with one attached hydrogen (secondary N) is 1. The van der Waals surface area contributed by atoms with Gasteiger partial charge in [-0.3, -0.25) is 9.59 Å². The first-order valence-electron chi connectivity index (χ1n) is 3.76. The second-order valence-electron chi connectivity index (χ2n) is 2.67. The largest absolute Gasteiger partial charge is 0.480 e. The van der Waals surface area contributed by atoms with Gasteiger partial charge in [-0.15, -0.1) is 0 Å². The number of hydrogen-bond acceptors (Lipinski definition) is 3. The van der Waals surface area contributed by atoms with E-state index in [9.17, 15) is 9.59 Å². The van der Waals surface area contributed by atoms with E-state index in [1.54, 1.807) is 12.1 Å². The molecular weight excluding hydrogens is 172 g/mol. The van der Waals surface area contributed by atoms with Crippen LogP contribution in [0, 0.1) is 0 Å². The first kappa shape index (κ1) is 9.47. The van der Waals surface area contributed by atoms with Crippen molar-refractivity contribution in [2.45, 2.75) is 12.5 Å². The van der Waals surface area contributed by atoms with Gasteiger partial charge in [-0.2, -0.15) is 0 Å². The summed E-state index contributed by atoms with van der Waals surface area (Å²) in [5.41, 5.74) is 5.36. The van der Waals surface area contributed by atoms with E-state index >= 15 is 0 Å². The molecule has 70 valence electrons. The van der Waals surface area contributed by atoms with Crippen LogP contribution in [0.1, 0.15) is 5.56 Å². The molecule has 5 heteroatoms. The molecule has 1 aromatic heterocycles. The van der Waals surface area contributed by atoms with Gasteiger partial charge in [-0.25, -0.2) is 0 Å². The van der Waals surface area contributed by atoms with Crippen molar-refractivity contribution in [3.05, 3.63) is 34.2 Å². The van der Waals surface area contributed by atoms with Crippen LogP contribution in [0.25, 0.3) is 0 Å². The van der Waals surface area contributed by atoms with E-state index in [2.05, 4.69) is 4.98 Å². The molecule has 0 aromatic carbocycles. The van der Waals surface area contributed by atoms with E-state index in [-0.39, 0.29) is 12.0 Å². The fourth-order valence-electron chi connectivity index (χ4n) is 0.941. The summed E-state index contributed by atoms with van der Waals surface area (Å²) in [5, 5.41) is 8.50. The highest BCUT2D eigenvalue weighted by Crippen LogP contribution is 1.94. The van der Waals surface area contributed by atoms with Crippen molar-refractivity contribution in [3.8, 4) is 0 Å². The lowest BCUT2D eigenvalue weighted by molar-refractivity contribution is -0.138. The van der Waals surface area contributed by atoms with Crippen LogP contribution in [0.4, 0.5) is 0 Å². The number of aliphatic carboxylic acids is 1. The molecular formula is C8H10N2O3. The van der Waals surface area contributed by atoms with Crippen LogP contribution in [0.15, 0.2) is 23.1 Å². The highest BCUT2D eigenvalue weighted by atomic mass is 16.4.